The maximum atomic E-state index is 13.8. The number of aromatic nitrogens is 1. The van der Waals surface area contributed by atoms with E-state index in [2.05, 4.69) is 28.1 Å². The maximum Gasteiger partial charge on any atom is 0.226 e. The minimum absolute atomic E-state index is 0.0707. The van der Waals surface area contributed by atoms with Crippen molar-refractivity contribution in [3.8, 4) is 0 Å². The highest BCUT2D eigenvalue weighted by Gasteiger charge is 2.30. The van der Waals surface area contributed by atoms with Crippen molar-refractivity contribution >= 4 is 22.5 Å². The van der Waals surface area contributed by atoms with Crippen LogP contribution in [0, 0.1) is 11.7 Å². The second kappa shape index (κ2) is 7.47. The Morgan fingerprint density at radius 1 is 1.00 bits per heavy atom. The van der Waals surface area contributed by atoms with Crippen LogP contribution in [0.25, 0.3) is 10.9 Å². The van der Waals surface area contributed by atoms with Crippen molar-refractivity contribution in [2.45, 2.75) is 25.8 Å². The summed E-state index contributed by atoms with van der Waals surface area (Å²) in [6.45, 7) is 3.14. The molecule has 5 heteroatoms. The number of nitrogens with zero attached hydrogens (tertiary/aromatic N) is 3. The van der Waals surface area contributed by atoms with Crippen LogP contribution in [-0.2, 0) is 17.8 Å². The number of pyridine rings is 1. The molecule has 29 heavy (non-hydrogen) atoms. The zero-order valence-electron chi connectivity index (χ0n) is 16.4. The molecule has 0 spiro atoms. The topological polar surface area (TPSA) is 36.4 Å². The van der Waals surface area contributed by atoms with Gasteiger partial charge in [-0.1, -0.05) is 24.3 Å². The Kier molecular flexibility index (Phi) is 4.66. The standard InChI is InChI=1S/C24H24FN3O/c25-20-5-6-22-21(15-20)23(7-11-26-22)27-12-9-18(10-13-27)24(29)28-14-8-17-3-1-2-4-19(17)16-28/h1-7,11,15,18H,8-10,12-14,16H2. The molecule has 1 fully saturated rings. The fraction of sp³-hybridized carbons (Fsp3) is 0.333. The average Bonchev–Trinajstić information content (AvgIpc) is 2.78. The molecule has 2 aromatic carbocycles. The van der Waals surface area contributed by atoms with Crippen molar-refractivity contribution in [3.05, 3.63) is 71.7 Å². The number of benzene rings is 2. The smallest absolute Gasteiger partial charge is 0.226 e. The van der Waals surface area contributed by atoms with Crippen LogP contribution in [0.5, 0.6) is 0 Å². The molecule has 0 bridgehead atoms. The third kappa shape index (κ3) is 3.46. The number of hydrogen-bond donors (Lipinski definition) is 0. The van der Waals surface area contributed by atoms with Crippen molar-refractivity contribution in [3.63, 3.8) is 0 Å². The lowest BCUT2D eigenvalue weighted by Gasteiger charge is -2.37. The number of hydrogen-bond acceptors (Lipinski definition) is 3. The molecule has 0 N–H and O–H groups in total. The molecule has 2 aliphatic heterocycles. The fourth-order valence-electron chi connectivity index (χ4n) is 4.69. The van der Waals surface area contributed by atoms with Crippen LogP contribution in [-0.4, -0.2) is 35.4 Å². The molecular formula is C24H24FN3O. The van der Waals surface area contributed by atoms with Gasteiger partial charge < -0.3 is 9.80 Å². The first-order valence-electron chi connectivity index (χ1n) is 10.3. The number of amides is 1. The molecule has 5 rings (SSSR count). The van der Waals surface area contributed by atoms with Crippen LogP contribution >= 0.6 is 0 Å². The summed E-state index contributed by atoms with van der Waals surface area (Å²) < 4.78 is 13.8. The Labute approximate surface area is 170 Å². The Morgan fingerprint density at radius 2 is 1.79 bits per heavy atom. The fourth-order valence-corrected chi connectivity index (χ4v) is 4.69. The predicted molar refractivity (Wildman–Crippen MR) is 112 cm³/mol. The van der Waals surface area contributed by atoms with E-state index < -0.39 is 0 Å². The molecule has 1 amide bonds. The van der Waals surface area contributed by atoms with Gasteiger partial charge in [0.15, 0.2) is 0 Å². The monoisotopic (exact) mass is 389 g/mol. The zero-order valence-corrected chi connectivity index (χ0v) is 16.4. The lowest BCUT2D eigenvalue weighted by atomic mass is 9.92. The lowest BCUT2D eigenvalue weighted by molar-refractivity contribution is -0.137. The zero-order chi connectivity index (χ0) is 19.8. The first kappa shape index (κ1) is 18.1. The van der Waals surface area contributed by atoms with Gasteiger partial charge in [-0.2, -0.15) is 0 Å². The Balaban J connectivity index is 1.28. The number of halogens is 1. The number of anilines is 1. The number of carbonyl (C=O) groups is 1. The third-order valence-electron chi connectivity index (χ3n) is 6.31. The molecule has 0 aliphatic carbocycles. The molecule has 4 nitrogen and oxygen atoms in total. The largest absolute Gasteiger partial charge is 0.371 e. The van der Waals surface area contributed by atoms with E-state index in [1.807, 2.05) is 17.0 Å². The molecule has 3 heterocycles. The SMILES string of the molecule is O=C(C1CCN(c2ccnc3ccc(F)cc23)CC1)N1CCc2ccccc2C1. The molecule has 3 aromatic rings. The summed E-state index contributed by atoms with van der Waals surface area (Å²) in [6.07, 6.45) is 4.37. The van der Waals surface area contributed by atoms with E-state index in [9.17, 15) is 9.18 Å². The number of carbonyl (C=O) groups excluding carboxylic acids is 1. The van der Waals surface area contributed by atoms with Crippen LogP contribution in [0.15, 0.2) is 54.7 Å². The van der Waals surface area contributed by atoms with Crippen LogP contribution in [0.2, 0.25) is 0 Å². The summed E-state index contributed by atoms with van der Waals surface area (Å²) in [7, 11) is 0. The molecule has 148 valence electrons. The van der Waals surface area contributed by atoms with Crippen LogP contribution in [0.1, 0.15) is 24.0 Å². The van der Waals surface area contributed by atoms with E-state index in [1.54, 1.807) is 18.3 Å². The van der Waals surface area contributed by atoms with Gasteiger partial charge in [0.2, 0.25) is 5.91 Å². The van der Waals surface area contributed by atoms with E-state index in [-0.39, 0.29) is 17.6 Å². The van der Waals surface area contributed by atoms with Gasteiger partial charge in [-0.15, -0.1) is 0 Å². The second-order valence-corrected chi connectivity index (χ2v) is 8.03. The van der Waals surface area contributed by atoms with Crippen molar-refractivity contribution in [2.24, 2.45) is 5.92 Å². The normalized spacial score (nSPS) is 17.4. The van der Waals surface area contributed by atoms with Gasteiger partial charge in [0.25, 0.3) is 0 Å². The van der Waals surface area contributed by atoms with Gasteiger partial charge in [-0.25, -0.2) is 4.39 Å². The average molecular weight is 389 g/mol. The van der Waals surface area contributed by atoms with Crippen LogP contribution in [0.4, 0.5) is 10.1 Å². The lowest BCUT2D eigenvalue weighted by Crippen LogP contribution is -2.44. The van der Waals surface area contributed by atoms with Crippen molar-refractivity contribution in [2.75, 3.05) is 24.5 Å². The highest BCUT2D eigenvalue weighted by molar-refractivity contribution is 5.91. The van der Waals surface area contributed by atoms with Gasteiger partial charge in [0.1, 0.15) is 5.82 Å². The van der Waals surface area contributed by atoms with Gasteiger partial charge in [0, 0.05) is 49.4 Å². The van der Waals surface area contributed by atoms with Crippen molar-refractivity contribution in [1.29, 1.82) is 0 Å². The summed E-state index contributed by atoms with van der Waals surface area (Å²) in [5.74, 6) is 0.105. The predicted octanol–water partition coefficient (Wildman–Crippen LogP) is 4.18. The second-order valence-electron chi connectivity index (χ2n) is 8.03. The molecule has 0 radical (unpaired) electrons. The van der Waals surface area contributed by atoms with E-state index in [0.29, 0.717) is 0 Å². The van der Waals surface area contributed by atoms with Gasteiger partial charge in [-0.3, -0.25) is 9.78 Å². The Hall–Kier alpha value is -2.95. The Bertz CT molecular complexity index is 1060. The summed E-state index contributed by atoms with van der Waals surface area (Å²) in [4.78, 5) is 21.7. The van der Waals surface area contributed by atoms with Gasteiger partial charge in [-0.05, 0) is 54.7 Å². The third-order valence-corrected chi connectivity index (χ3v) is 6.31. The molecule has 1 aromatic heterocycles. The molecular weight excluding hydrogens is 365 g/mol. The van der Waals surface area contributed by atoms with E-state index >= 15 is 0 Å². The summed E-state index contributed by atoms with van der Waals surface area (Å²) >= 11 is 0. The quantitative estimate of drug-likeness (QED) is 0.660. The van der Waals surface area contributed by atoms with E-state index in [0.717, 1.165) is 62.0 Å². The summed E-state index contributed by atoms with van der Waals surface area (Å²) in [5.41, 5.74) is 4.44. The van der Waals surface area contributed by atoms with Gasteiger partial charge >= 0.3 is 0 Å². The minimum Gasteiger partial charge on any atom is -0.371 e. The number of piperidine rings is 1. The van der Waals surface area contributed by atoms with Gasteiger partial charge in [0.05, 0.1) is 5.52 Å². The van der Waals surface area contributed by atoms with Crippen LogP contribution in [0.3, 0.4) is 0 Å². The highest BCUT2D eigenvalue weighted by Crippen LogP contribution is 2.31. The molecule has 0 unspecified atom stereocenters. The van der Waals surface area contributed by atoms with E-state index in [4.69, 9.17) is 0 Å². The number of fused-ring (bicyclic) bond motifs is 2. The molecule has 0 atom stereocenters. The number of rotatable bonds is 2. The molecule has 2 aliphatic rings. The first-order chi connectivity index (χ1) is 14.2. The van der Waals surface area contributed by atoms with Crippen LogP contribution < -0.4 is 4.90 Å². The Morgan fingerprint density at radius 3 is 2.62 bits per heavy atom. The van der Waals surface area contributed by atoms with Crippen molar-refractivity contribution in [1.82, 2.24) is 9.88 Å². The summed E-state index contributed by atoms with van der Waals surface area (Å²) in [5, 5.41) is 0.838. The van der Waals surface area contributed by atoms with Crippen molar-refractivity contribution < 1.29 is 9.18 Å². The van der Waals surface area contributed by atoms with E-state index in [1.165, 1.54) is 17.2 Å². The molecule has 0 saturated carbocycles. The maximum absolute atomic E-state index is 13.8. The first-order valence-corrected chi connectivity index (χ1v) is 10.3. The highest BCUT2D eigenvalue weighted by atomic mass is 19.1. The minimum atomic E-state index is -0.248. The summed E-state index contributed by atoms with van der Waals surface area (Å²) in [6, 6.07) is 15.1. The molecule has 1 saturated heterocycles.